The molecule has 0 spiro atoms. The number of halogens is 1. The summed E-state index contributed by atoms with van der Waals surface area (Å²) in [5.74, 6) is 0.954. The Hall–Kier alpha value is -3.11. The number of hydrogen-bond acceptors (Lipinski definition) is 8. The van der Waals surface area contributed by atoms with Crippen LogP contribution < -0.4 is 14.4 Å². The van der Waals surface area contributed by atoms with Gasteiger partial charge in [0.25, 0.3) is 0 Å². The van der Waals surface area contributed by atoms with Crippen molar-refractivity contribution in [1.82, 2.24) is 19.7 Å². The Balaban J connectivity index is 1.36. The lowest BCUT2D eigenvalue weighted by molar-refractivity contribution is -0.143. The summed E-state index contributed by atoms with van der Waals surface area (Å²) in [6.07, 6.45) is 4.00. The molecule has 2 bridgehead atoms. The SMILES string of the molecule is COc1nc(N2CC3CC2CC3C(=O)O)cc(-n2ncc3cc(Cl)c(O[C@H]4CCOC4)cc32)n1. The maximum atomic E-state index is 11.5. The van der Waals surface area contributed by atoms with E-state index >= 15 is 0 Å². The lowest BCUT2D eigenvalue weighted by Gasteiger charge is -2.31. The molecule has 1 N–H and O–H groups in total. The highest BCUT2D eigenvalue weighted by molar-refractivity contribution is 6.32. The van der Waals surface area contributed by atoms with E-state index in [2.05, 4.69) is 20.0 Å². The fourth-order valence-electron chi connectivity index (χ4n) is 5.37. The maximum Gasteiger partial charge on any atom is 0.320 e. The van der Waals surface area contributed by atoms with Gasteiger partial charge in [-0.2, -0.15) is 15.1 Å². The number of aliphatic carboxylic acids is 1. The van der Waals surface area contributed by atoms with Crippen LogP contribution in [0.15, 0.2) is 24.4 Å². The van der Waals surface area contributed by atoms with Gasteiger partial charge in [0.2, 0.25) is 0 Å². The molecule has 11 heteroatoms. The second-order valence-electron chi connectivity index (χ2n) is 9.05. The highest BCUT2D eigenvalue weighted by Gasteiger charge is 2.48. The monoisotopic (exact) mass is 485 g/mol. The average molecular weight is 486 g/mol. The van der Waals surface area contributed by atoms with Crippen LogP contribution in [0, 0.1) is 11.8 Å². The summed E-state index contributed by atoms with van der Waals surface area (Å²) in [5.41, 5.74) is 0.791. The van der Waals surface area contributed by atoms with E-state index in [-0.39, 0.29) is 30.0 Å². The van der Waals surface area contributed by atoms with Crippen molar-refractivity contribution >= 4 is 34.3 Å². The van der Waals surface area contributed by atoms with Crippen LogP contribution in [0.25, 0.3) is 16.7 Å². The lowest BCUT2D eigenvalue weighted by Crippen LogP contribution is -2.38. The molecule has 0 amide bonds. The molecule has 2 aromatic heterocycles. The zero-order chi connectivity index (χ0) is 23.4. The Morgan fingerprint density at radius 1 is 1.24 bits per heavy atom. The summed E-state index contributed by atoms with van der Waals surface area (Å²) in [6.45, 7) is 1.87. The quantitative estimate of drug-likeness (QED) is 0.563. The Bertz CT molecular complexity index is 1260. The molecule has 4 atom stereocenters. The second kappa shape index (κ2) is 8.28. The number of methoxy groups -OCH3 is 1. The highest BCUT2D eigenvalue weighted by Crippen LogP contribution is 2.44. The first kappa shape index (κ1) is 21.4. The molecular formula is C23H24ClN5O5. The normalized spacial score (nSPS) is 25.9. The van der Waals surface area contributed by atoms with Crippen molar-refractivity contribution in [2.75, 3.05) is 31.8 Å². The Kier molecular flexibility index (Phi) is 5.22. The van der Waals surface area contributed by atoms with Gasteiger partial charge in [-0.25, -0.2) is 4.68 Å². The molecule has 2 aliphatic heterocycles. The summed E-state index contributed by atoms with van der Waals surface area (Å²) < 4.78 is 18.6. The van der Waals surface area contributed by atoms with Crippen molar-refractivity contribution in [2.45, 2.75) is 31.4 Å². The Labute approximate surface area is 200 Å². The second-order valence-corrected chi connectivity index (χ2v) is 9.46. The van der Waals surface area contributed by atoms with E-state index in [0.29, 0.717) is 48.6 Å². The zero-order valence-electron chi connectivity index (χ0n) is 18.6. The Morgan fingerprint density at radius 2 is 2.09 bits per heavy atom. The number of piperidine rings is 1. The number of rotatable bonds is 6. The van der Waals surface area contributed by atoms with Crippen molar-refractivity contribution in [2.24, 2.45) is 11.8 Å². The summed E-state index contributed by atoms with van der Waals surface area (Å²) in [5, 5.41) is 15.4. The van der Waals surface area contributed by atoms with Gasteiger partial charge in [-0.3, -0.25) is 4.79 Å². The van der Waals surface area contributed by atoms with E-state index in [1.165, 1.54) is 7.11 Å². The molecule has 2 saturated heterocycles. The van der Waals surface area contributed by atoms with E-state index in [9.17, 15) is 9.90 Å². The van der Waals surface area contributed by atoms with E-state index in [0.717, 1.165) is 23.7 Å². The number of hydrogen-bond donors (Lipinski definition) is 1. The topological polar surface area (TPSA) is 112 Å². The van der Waals surface area contributed by atoms with Gasteiger partial charge in [-0.15, -0.1) is 0 Å². The van der Waals surface area contributed by atoms with Crippen molar-refractivity contribution in [3.05, 3.63) is 29.4 Å². The van der Waals surface area contributed by atoms with Crippen molar-refractivity contribution in [1.29, 1.82) is 0 Å². The number of carboxylic acid groups (broad SMARTS) is 1. The maximum absolute atomic E-state index is 11.5. The van der Waals surface area contributed by atoms with Gasteiger partial charge in [0.15, 0.2) is 5.82 Å². The molecule has 4 heterocycles. The summed E-state index contributed by atoms with van der Waals surface area (Å²) >= 11 is 6.47. The van der Waals surface area contributed by atoms with E-state index < -0.39 is 5.97 Å². The fourth-order valence-corrected chi connectivity index (χ4v) is 5.59. The molecule has 3 aromatic rings. The predicted molar refractivity (Wildman–Crippen MR) is 123 cm³/mol. The number of anilines is 1. The Morgan fingerprint density at radius 3 is 2.79 bits per heavy atom. The number of carbonyl (C=O) groups is 1. The van der Waals surface area contributed by atoms with Gasteiger partial charge in [0.05, 0.1) is 43.0 Å². The average Bonchev–Trinajstić information content (AvgIpc) is 3.63. The number of carboxylic acids is 1. The first-order chi connectivity index (χ1) is 16.5. The molecule has 6 rings (SSSR count). The first-order valence-electron chi connectivity index (χ1n) is 11.3. The molecule has 3 aliphatic rings. The number of fused-ring (bicyclic) bond motifs is 3. The molecule has 1 aromatic carbocycles. The van der Waals surface area contributed by atoms with Crippen LogP contribution in [0.1, 0.15) is 19.3 Å². The minimum absolute atomic E-state index is 0.0303. The third-order valence-corrected chi connectivity index (χ3v) is 7.33. The van der Waals surface area contributed by atoms with Gasteiger partial charge in [0, 0.05) is 36.5 Å². The van der Waals surface area contributed by atoms with Gasteiger partial charge >= 0.3 is 12.0 Å². The van der Waals surface area contributed by atoms with E-state index in [1.54, 1.807) is 10.9 Å². The number of nitrogens with zero attached hydrogens (tertiary/aromatic N) is 5. The van der Waals surface area contributed by atoms with Gasteiger partial charge in [-0.05, 0) is 24.8 Å². The van der Waals surface area contributed by atoms with E-state index in [1.807, 2.05) is 18.2 Å². The standard InChI is InChI=1S/C23H24ClN5O5/c1-32-23-26-20(28-10-13-4-14(28)6-16(13)22(30)31)8-21(27-23)29-18-7-19(34-15-2-3-33-11-15)17(24)5-12(18)9-25-29/h5,7-9,13-16H,2-4,6,10-11H2,1H3,(H,30,31)/t13?,14?,15-,16?/m0/s1. The molecular weight excluding hydrogens is 462 g/mol. The van der Waals surface area contributed by atoms with Crippen LogP contribution in [-0.4, -0.2) is 69.8 Å². The first-order valence-corrected chi connectivity index (χ1v) is 11.7. The van der Waals surface area contributed by atoms with Crippen LogP contribution in [0.5, 0.6) is 11.8 Å². The van der Waals surface area contributed by atoms with Gasteiger partial charge in [-0.1, -0.05) is 11.6 Å². The predicted octanol–water partition coefficient (Wildman–Crippen LogP) is 2.94. The van der Waals surface area contributed by atoms with Crippen LogP contribution in [0.4, 0.5) is 5.82 Å². The third kappa shape index (κ3) is 3.61. The van der Waals surface area contributed by atoms with Gasteiger partial charge in [0.1, 0.15) is 17.7 Å². The fraction of sp³-hybridized carbons (Fsp3) is 0.478. The largest absolute Gasteiger partial charge is 0.486 e. The van der Waals surface area contributed by atoms with Crippen molar-refractivity contribution < 1.29 is 24.1 Å². The molecule has 0 radical (unpaired) electrons. The van der Waals surface area contributed by atoms with Crippen molar-refractivity contribution in [3.63, 3.8) is 0 Å². The third-order valence-electron chi connectivity index (χ3n) is 7.03. The molecule has 34 heavy (non-hydrogen) atoms. The van der Waals surface area contributed by atoms with Crippen LogP contribution in [0.2, 0.25) is 5.02 Å². The molecule has 1 saturated carbocycles. The molecule has 1 aliphatic carbocycles. The van der Waals surface area contributed by atoms with E-state index in [4.69, 9.17) is 25.8 Å². The molecule has 10 nitrogen and oxygen atoms in total. The minimum Gasteiger partial charge on any atom is -0.486 e. The summed E-state index contributed by atoms with van der Waals surface area (Å²) in [6, 6.07) is 5.93. The molecule has 3 unspecified atom stereocenters. The number of ether oxygens (including phenoxy) is 3. The van der Waals surface area contributed by atoms with Gasteiger partial charge < -0.3 is 24.2 Å². The minimum atomic E-state index is -0.711. The highest BCUT2D eigenvalue weighted by atomic mass is 35.5. The zero-order valence-corrected chi connectivity index (χ0v) is 19.3. The lowest BCUT2D eigenvalue weighted by atomic mass is 9.95. The summed E-state index contributed by atoms with van der Waals surface area (Å²) in [4.78, 5) is 22.8. The van der Waals surface area contributed by atoms with Crippen LogP contribution >= 0.6 is 11.6 Å². The van der Waals surface area contributed by atoms with Crippen molar-refractivity contribution in [3.8, 4) is 17.6 Å². The summed E-state index contributed by atoms with van der Waals surface area (Å²) in [7, 11) is 1.52. The smallest absolute Gasteiger partial charge is 0.320 e. The number of aromatic nitrogens is 4. The molecule has 3 fully saturated rings. The number of benzene rings is 1. The molecule has 178 valence electrons. The van der Waals surface area contributed by atoms with Crippen LogP contribution in [-0.2, 0) is 9.53 Å². The van der Waals surface area contributed by atoms with Crippen LogP contribution in [0.3, 0.4) is 0 Å².